The van der Waals surface area contributed by atoms with Gasteiger partial charge in [-0.15, -0.1) is 0 Å². The van der Waals surface area contributed by atoms with Crippen molar-refractivity contribution in [1.29, 1.82) is 5.26 Å². The number of hydrogen-bond donors (Lipinski definition) is 5. The zero-order valence-corrected chi connectivity index (χ0v) is 43.7. The van der Waals surface area contributed by atoms with Crippen LogP contribution in [0.4, 0.5) is 11.6 Å². The summed E-state index contributed by atoms with van der Waals surface area (Å²) < 4.78 is 0. The Morgan fingerprint density at radius 2 is 1.23 bits per heavy atom. The lowest BCUT2D eigenvalue weighted by Crippen LogP contribution is -2.49. The fourth-order valence-corrected chi connectivity index (χ4v) is 13.9. The summed E-state index contributed by atoms with van der Waals surface area (Å²) in [7, 11) is 0.904. The molecule has 8 aliphatic carbocycles. The van der Waals surface area contributed by atoms with E-state index in [2.05, 4.69) is 62.9 Å². The van der Waals surface area contributed by atoms with E-state index < -0.39 is 5.97 Å². The van der Waals surface area contributed by atoms with Gasteiger partial charge in [0.25, 0.3) is 5.97 Å². The number of rotatable bonds is 9. The smallest absolute Gasteiger partial charge is 0.300 e. The second-order valence-corrected chi connectivity index (χ2v) is 21.8. The Balaban J connectivity index is 0.000000154. The molecule has 70 heavy (non-hydrogen) atoms. The highest BCUT2D eigenvalue weighted by Crippen LogP contribution is 2.61. The summed E-state index contributed by atoms with van der Waals surface area (Å²) in [6.45, 7) is 11.7. The Hall–Kier alpha value is -5.15. The lowest BCUT2D eigenvalue weighted by atomic mass is 9.49. The summed E-state index contributed by atoms with van der Waals surface area (Å²) in [5.41, 5.74) is 8.18. The number of aldehydes is 1. The number of carboxylic acid groups (broad SMARTS) is 1. The third kappa shape index (κ3) is 14.7. The number of carbonyl (C=O) groups excluding carboxylic acids is 1. The molecule has 8 saturated carbocycles. The van der Waals surface area contributed by atoms with Crippen molar-refractivity contribution in [2.24, 2.45) is 46.3 Å². The fraction of sp³-hybridized carbons (Fsp3) is 0.604. The van der Waals surface area contributed by atoms with Gasteiger partial charge in [-0.3, -0.25) is 24.5 Å². The number of aliphatic hydroxyl groups is 1. The molecule has 0 saturated heterocycles. The SMILES string of the molecule is CC(=O)O.CCO.N#C[B][SiH3].O=Cc1ccncc1.c1cc(CN2CCc3c(ncnc3NCC34CC5CC(CC(C5)C3)C4)C2)ccn1.c1nc2c(c(NCC34CC5CC(CC(C5)C3)C4)n1)CCNC2. The maximum Gasteiger partial charge on any atom is 0.300 e. The number of pyridine rings is 2. The van der Waals surface area contributed by atoms with Crippen molar-refractivity contribution < 1.29 is 19.8 Å². The molecule has 10 aliphatic rings. The average Bonchev–Trinajstić information content (AvgIpc) is 3.35. The molecule has 5 N–H and O–H groups in total. The first-order chi connectivity index (χ1) is 34.0. The number of aliphatic carboxylic acids is 1. The van der Waals surface area contributed by atoms with E-state index in [9.17, 15) is 4.79 Å². The van der Waals surface area contributed by atoms with Crippen LogP contribution >= 0.6 is 0 Å². The third-order valence-electron chi connectivity index (χ3n) is 15.7. The van der Waals surface area contributed by atoms with Crippen LogP contribution in [0.5, 0.6) is 0 Å². The number of carboxylic acids is 1. The molecule has 0 unspecified atom stereocenters. The molecular formula is C53H75BN11O4Si. The number of aromatic nitrogens is 6. The van der Waals surface area contributed by atoms with Crippen LogP contribution in [0.2, 0.25) is 0 Å². The number of nitriles is 1. The number of fused-ring (bicyclic) bond motifs is 2. The summed E-state index contributed by atoms with van der Waals surface area (Å²) in [6, 6.07) is 7.53. The molecule has 0 amide bonds. The molecule has 373 valence electrons. The van der Waals surface area contributed by atoms with E-state index in [0.717, 1.165) is 129 Å². The van der Waals surface area contributed by atoms with Crippen LogP contribution < -0.4 is 16.0 Å². The molecule has 1 radical (unpaired) electrons. The monoisotopic (exact) mass is 969 g/mol. The van der Waals surface area contributed by atoms with Gasteiger partial charge in [0.1, 0.15) is 30.6 Å². The van der Waals surface area contributed by atoms with Crippen LogP contribution in [-0.4, -0.2) is 107 Å². The number of nitrogens with zero attached hydrogens (tertiary/aromatic N) is 8. The van der Waals surface area contributed by atoms with Crippen LogP contribution in [0.1, 0.15) is 129 Å². The first-order valence-corrected chi connectivity index (χ1v) is 27.0. The van der Waals surface area contributed by atoms with Gasteiger partial charge in [0.05, 0.1) is 11.4 Å². The highest BCUT2D eigenvalue weighted by molar-refractivity contribution is 6.94. The van der Waals surface area contributed by atoms with Crippen LogP contribution in [0.15, 0.2) is 61.7 Å². The van der Waals surface area contributed by atoms with Gasteiger partial charge in [0.2, 0.25) is 6.87 Å². The predicted octanol–water partition coefficient (Wildman–Crippen LogP) is 6.24. The molecule has 14 rings (SSSR count). The minimum atomic E-state index is -0.833. The Kier molecular flexibility index (Phi) is 19.4. The van der Waals surface area contributed by atoms with E-state index in [4.69, 9.17) is 20.3 Å². The lowest BCUT2D eigenvalue weighted by molar-refractivity contribution is -0.134. The number of nitrogens with one attached hydrogen (secondary N) is 3. The first kappa shape index (κ1) is 52.7. The van der Waals surface area contributed by atoms with E-state index in [1.54, 1.807) is 51.0 Å². The minimum absolute atomic E-state index is 0.250. The summed E-state index contributed by atoms with van der Waals surface area (Å²) in [6.07, 6.45) is 31.1. The Bertz CT molecular complexity index is 2250. The minimum Gasteiger partial charge on any atom is -0.481 e. The van der Waals surface area contributed by atoms with Gasteiger partial charge in [-0.05, 0) is 196 Å². The molecular weight excluding hydrogens is 894 g/mol. The predicted molar refractivity (Wildman–Crippen MR) is 277 cm³/mol. The second kappa shape index (κ2) is 25.8. The topological polar surface area (TPSA) is 215 Å². The van der Waals surface area contributed by atoms with Gasteiger partial charge in [0, 0.05) is 94.3 Å². The molecule has 0 spiro atoms. The number of anilines is 2. The molecule has 0 aromatic carbocycles. The van der Waals surface area contributed by atoms with Crippen molar-refractivity contribution in [1.82, 2.24) is 40.1 Å². The maximum atomic E-state index is 9.98. The molecule has 8 fully saturated rings. The van der Waals surface area contributed by atoms with Crippen molar-refractivity contribution in [2.45, 2.75) is 123 Å². The number of aliphatic hydroxyl groups excluding tert-OH is 1. The van der Waals surface area contributed by atoms with Gasteiger partial charge < -0.3 is 26.2 Å². The van der Waals surface area contributed by atoms with Gasteiger partial charge in [-0.1, -0.05) is 0 Å². The van der Waals surface area contributed by atoms with E-state index in [-0.39, 0.29) is 6.61 Å². The number of hydrogen-bond acceptors (Lipinski definition) is 14. The number of carbonyl (C=O) groups is 2. The van der Waals surface area contributed by atoms with Gasteiger partial charge >= 0.3 is 0 Å². The fourth-order valence-electron chi connectivity index (χ4n) is 13.9. The maximum absolute atomic E-state index is 9.98. The molecule has 17 heteroatoms. The third-order valence-corrected chi connectivity index (χ3v) is 15.9. The zero-order valence-electron chi connectivity index (χ0n) is 41.7. The zero-order chi connectivity index (χ0) is 49.4. The van der Waals surface area contributed by atoms with Gasteiger partial charge in [0.15, 0.2) is 0 Å². The Morgan fingerprint density at radius 3 is 1.66 bits per heavy atom. The Labute approximate surface area is 418 Å². The van der Waals surface area contributed by atoms with Gasteiger partial charge in [-0.25, -0.2) is 25.2 Å². The van der Waals surface area contributed by atoms with E-state index in [1.807, 2.05) is 18.4 Å². The standard InChI is InChI=1S/C24H31N5.C18H26N4.C6H5NO.C2H4O2.C2H6O.CH3BNSi/c1-4-25-5-2-17(1)13-29-6-3-21-22(14-29)27-16-28-23(21)26-15-24-10-18-7-19(11-24)9-20(8-18)12-24;1-2-19-9-16-15(1)17(22-11-21-16)20-10-18-6-12-3-13(7-18)5-14(4-12)8-18;8-5-6-1-3-7-4-2-6;1-2(3)4;1-2-3;3-1-2-4/h1-2,4-5,16,18-20H,3,6-15H2,(H,26,27,28);11-14,19H,1-10H2,(H,20,21,22);1-5H;1H3,(H,3,4);3H,2H2,1H3;4H3. The summed E-state index contributed by atoms with van der Waals surface area (Å²) in [5, 5.41) is 33.6. The van der Waals surface area contributed by atoms with Crippen molar-refractivity contribution in [2.75, 3.05) is 43.4 Å². The summed E-state index contributed by atoms with van der Waals surface area (Å²) >= 11 is 0. The molecule has 4 aromatic rings. The molecule has 15 nitrogen and oxygen atoms in total. The van der Waals surface area contributed by atoms with Crippen LogP contribution in [-0.2, 0) is 37.3 Å². The molecule has 0 atom stereocenters. The highest BCUT2D eigenvalue weighted by Gasteiger charge is 2.52. The lowest BCUT2D eigenvalue weighted by Gasteiger charge is -2.57. The highest BCUT2D eigenvalue weighted by atomic mass is 28.1. The molecule has 6 heterocycles. The van der Waals surface area contributed by atoms with Crippen molar-refractivity contribution in [3.63, 3.8) is 0 Å². The van der Waals surface area contributed by atoms with Crippen molar-refractivity contribution >= 4 is 40.9 Å². The second-order valence-electron chi connectivity index (χ2n) is 21.2. The van der Waals surface area contributed by atoms with E-state index >= 15 is 0 Å². The largest absolute Gasteiger partial charge is 0.481 e. The van der Waals surface area contributed by atoms with E-state index in [0.29, 0.717) is 16.4 Å². The molecule has 4 aromatic heterocycles. The van der Waals surface area contributed by atoms with E-state index in [1.165, 1.54) is 105 Å². The van der Waals surface area contributed by atoms with Crippen LogP contribution in [0.3, 0.4) is 0 Å². The first-order valence-electron chi connectivity index (χ1n) is 25.8. The quantitative estimate of drug-likeness (QED) is 0.0927. The normalized spacial score (nSPS) is 27.7. The molecule has 8 bridgehead atoms. The van der Waals surface area contributed by atoms with Crippen LogP contribution in [0.25, 0.3) is 0 Å². The Morgan fingerprint density at radius 1 is 0.800 bits per heavy atom. The van der Waals surface area contributed by atoms with Crippen molar-refractivity contribution in [3.8, 4) is 5.97 Å². The summed E-state index contributed by atoms with van der Waals surface area (Å²) in [5.74, 6) is 9.34. The van der Waals surface area contributed by atoms with Gasteiger partial charge in [-0.2, -0.15) is 0 Å². The molecule has 2 aliphatic heterocycles. The summed E-state index contributed by atoms with van der Waals surface area (Å²) in [4.78, 5) is 47.6. The average molecular weight is 969 g/mol. The van der Waals surface area contributed by atoms with Crippen molar-refractivity contribution in [3.05, 3.63) is 95.3 Å². The van der Waals surface area contributed by atoms with Crippen LogP contribution in [0, 0.1) is 57.6 Å².